The molecule has 3 aromatic rings. The van der Waals surface area contributed by atoms with Gasteiger partial charge in [0.2, 0.25) is 5.91 Å². The number of aromatic nitrogens is 1. The maximum absolute atomic E-state index is 13.1. The van der Waals surface area contributed by atoms with Crippen molar-refractivity contribution in [3.8, 4) is 0 Å². The highest BCUT2D eigenvalue weighted by atomic mass is 32.2. The van der Waals surface area contributed by atoms with Crippen LogP contribution in [0.25, 0.3) is 0 Å². The summed E-state index contributed by atoms with van der Waals surface area (Å²) in [6, 6.07) is 18.0. The lowest BCUT2D eigenvalue weighted by Gasteiger charge is -2.41. The zero-order chi connectivity index (χ0) is 31.4. The number of benzene rings is 2. The lowest BCUT2D eigenvalue weighted by molar-refractivity contribution is -0.645. The number of nitrogens with zero attached hydrogens (tertiary/aromatic N) is 2. The number of anilines is 1. The molecule has 0 unspecified atom stereocenters. The Hall–Kier alpha value is -3.65. The van der Waals surface area contributed by atoms with Gasteiger partial charge in [0.05, 0.1) is 18.8 Å². The van der Waals surface area contributed by atoms with Gasteiger partial charge in [-0.25, -0.2) is 0 Å². The van der Waals surface area contributed by atoms with Crippen LogP contribution in [0.2, 0.25) is 0 Å². The molecule has 1 aromatic heterocycles. The van der Waals surface area contributed by atoms with Crippen LogP contribution in [0.15, 0.2) is 78.0 Å². The molecule has 2 fully saturated rings. The first-order chi connectivity index (χ1) is 21.0. The molecule has 0 bridgehead atoms. The zero-order valence-corrected chi connectivity index (χ0v) is 24.6. The van der Waals surface area contributed by atoms with E-state index in [1.54, 1.807) is 42.5 Å². The Morgan fingerprint density at radius 2 is 1.86 bits per heavy atom. The van der Waals surface area contributed by atoms with Crippen molar-refractivity contribution >= 4 is 29.3 Å². The van der Waals surface area contributed by atoms with E-state index >= 15 is 0 Å². The van der Waals surface area contributed by atoms with Gasteiger partial charge in [-0.3, -0.25) is 9.59 Å². The number of amides is 2. The second-order valence-electron chi connectivity index (χ2n) is 10.8. The highest BCUT2D eigenvalue weighted by Crippen LogP contribution is 2.43. The summed E-state index contributed by atoms with van der Waals surface area (Å²) in [4.78, 5) is 25.4. The number of nitrogens with one attached hydrogen (secondary N) is 1. The lowest BCUT2D eigenvalue weighted by atomic mass is 9.91. The van der Waals surface area contributed by atoms with E-state index < -0.39 is 36.4 Å². The van der Waals surface area contributed by atoms with E-state index in [0.29, 0.717) is 26.9 Å². The van der Waals surface area contributed by atoms with E-state index in [9.17, 15) is 33.1 Å². The number of halogens is 3. The molecule has 0 radical (unpaired) electrons. The maximum atomic E-state index is 13.1. The molecule has 2 aliphatic rings. The number of rotatable bonds is 8. The predicted octanol–water partition coefficient (Wildman–Crippen LogP) is 4.89. The first-order valence-electron chi connectivity index (χ1n) is 14.2. The molecule has 9 nitrogen and oxygen atoms in total. The fraction of sp³-hybridized carbons (Fsp3) is 0.387. The number of hydrogen-bond donors (Lipinski definition) is 2. The van der Waals surface area contributed by atoms with Crippen LogP contribution in [0.5, 0.6) is 0 Å². The minimum atomic E-state index is -5.06. The van der Waals surface area contributed by atoms with E-state index in [0.717, 1.165) is 15.9 Å². The summed E-state index contributed by atoms with van der Waals surface area (Å²) >= 11 is 1.36. The van der Waals surface area contributed by atoms with E-state index in [2.05, 4.69) is 5.32 Å². The Morgan fingerprint density at radius 3 is 2.57 bits per heavy atom. The molecule has 0 saturated carbocycles. The molecule has 3 heterocycles. The van der Waals surface area contributed by atoms with Gasteiger partial charge < -0.3 is 30.0 Å². The van der Waals surface area contributed by atoms with Crippen LogP contribution in [-0.4, -0.2) is 52.4 Å². The fourth-order valence-corrected chi connectivity index (χ4v) is 6.52. The van der Waals surface area contributed by atoms with Gasteiger partial charge in [-0.15, -0.1) is 0 Å². The Labute approximate surface area is 256 Å². The van der Waals surface area contributed by atoms with Gasteiger partial charge >= 0.3 is 12.1 Å². The average molecular weight is 632 g/mol. The number of pyridine rings is 1. The second-order valence-corrected chi connectivity index (χ2v) is 11.8. The van der Waals surface area contributed by atoms with E-state index in [4.69, 9.17) is 9.47 Å². The van der Waals surface area contributed by atoms with E-state index in [1.165, 1.54) is 18.0 Å². The summed E-state index contributed by atoms with van der Waals surface area (Å²) in [5, 5.41) is 24.9. The molecule has 2 aliphatic heterocycles. The number of hydrogen-bond acceptors (Lipinski definition) is 7. The Bertz CT molecular complexity index is 1470. The van der Waals surface area contributed by atoms with Crippen molar-refractivity contribution in [3.05, 3.63) is 94.8 Å². The number of ether oxygens (including phenoxy) is 2. The number of thioether (sulfide) groups is 1. The van der Waals surface area contributed by atoms with Gasteiger partial charge in [-0.05, 0) is 42.2 Å². The van der Waals surface area contributed by atoms with Crippen molar-refractivity contribution in [2.75, 3.05) is 17.6 Å². The molecular weight excluding hydrogens is 599 g/mol. The SMILES string of the molecule is C[C@H]1[C@@H](CSc2cccc[n+]2[O-])O[C@@H](c2cccc(NC(=O)[C@@H]3CCCN3C(=O)C(F)(F)F)c2)O[C@H]1c1ccc(CO)cc1. The third kappa shape index (κ3) is 7.17. The number of aliphatic hydroxyl groups excluding tert-OH is 1. The smallest absolute Gasteiger partial charge is 0.471 e. The van der Waals surface area contributed by atoms with Crippen molar-refractivity contribution in [1.29, 1.82) is 0 Å². The number of likely N-dealkylation sites (tertiary alicyclic amines) is 1. The van der Waals surface area contributed by atoms with Gasteiger partial charge in [0.1, 0.15) is 6.04 Å². The van der Waals surface area contributed by atoms with Crippen molar-refractivity contribution in [3.63, 3.8) is 0 Å². The zero-order valence-electron chi connectivity index (χ0n) is 23.8. The molecule has 44 heavy (non-hydrogen) atoms. The quantitative estimate of drug-likeness (QED) is 0.207. The Kier molecular flexibility index (Phi) is 9.78. The molecule has 0 aliphatic carbocycles. The summed E-state index contributed by atoms with van der Waals surface area (Å²) < 4.78 is 52.8. The molecule has 2 aromatic carbocycles. The molecule has 5 atom stereocenters. The third-order valence-corrected chi connectivity index (χ3v) is 8.90. The van der Waals surface area contributed by atoms with E-state index in [1.807, 2.05) is 31.2 Å². The molecule has 2 amide bonds. The maximum Gasteiger partial charge on any atom is 0.471 e. The first kappa shape index (κ1) is 31.8. The van der Waals surface area contributed by atoms with Gasteiger partial charge in [0.25, 0.3) is 5.03 Å². The minimum Gasteiger partial charge on any atom is -0.618 e. The van der Waals surface area contributed by atoms with Crippen LogP contribution in [0.3, 0.4) is 0 Å². The molecule has 5 rings (SSSR count). The molecular formula is C31H32F3N3O6S. The molecule has 13 heteroatoms. The fourth-order valence-electron chi connectivity index (χ4n) is 5.44. The van der Waals surface area contributed by atoms with Crippen LogP contribution in [-0.2, 0) is 25.7 Å². The largest absolute Gasteiger partial charge is 0.618 e. The van der Waals surface area contributed by atoms with Gasteiger partial charge in [-0.1, -0.05) is 55.1 Å². The van der Waals surface area contributed by atoms with Crippen LogP contribution < -0.4 is 10.0 Å². The van der Waals surface area contributed by atoms with Gasteiger partial charge in [0, 0.05) is 41.6 Å². The van der Waals surface area contributed by atoms with Crippen molar-refractivity contribution in [1.82, 2.24) is 4.90 Å². The molecule has 2 saturated heterocycles. The topological polar surface area (TPSA) is 115 Å². The molecule has 0 spiro atoms. The van der Waals surface area contributed by atoms with Crippen LogP contribution in [0.1, 0.15) is 48.8 Å². The Morgan fingerprint density at radius 1 is 1.09 bits per heavy atom. The summed E-state index contributed by atoms with van der Waals surface area (Å²) in [6.07, 6.45) is -4.87. The molecule has 234 valence electrons. The van der Waals surface area contributed by atoms with E-state index in [-0.39, 0.29) is 38.0 Å². The minimum absolute atomic E-state index is 0.0971. The monoisotopic (exact) mass is 631 g/mol. The summed E-state index contributed by atoms with van der Waals surface area (Å²) in [5.41, 5.74) is 2.50. The Balaban J connectivity index is 1.36. The van der Waals surface area contributed by atoms with Gasteiger partial charge in [-0.2, -0.15) is 17.9 Å². The normalized spacial score (nSPS) is 23.8. The lowest BCUT2D eigenvalue weighted by Crippen LogP contribution is -2.48. The van der Waals surface area contributed by atoms with Crippen molar-refractivity contribution < 1.29 is 42.1 Å². The van der Waals surface area contributed by atoms with Crippen LogP contribution in [0.4, 0.5) is 18.9 Å². The third-order valence-electron chi connectivity index (χ3n) is 7.79. The predicted molar refractivity (Wildman–Crippen MR) is 155 cm³/mol. The number of aliphatic hydroxyl groups is 1. The van der Waals surface area contributed by atoms with Gasteiger partial charge in [0.15, 0.2) is 12.5 Å². The number of alkyl halides is 3. The second kappa shape index (κ2) is 13.6. The highest BCUT2D eigenvalue weighted by molar-refractivity contribution is 7.99. The van der Waals surface area contributed by atoms with Crippen LogP contribution >= 0.6 is 11.8 Å². The number of carbonyl (C=O) groups is 2. The summed E-state index contributed by atoms with van der Waals surface area (Å²) in [6.45, 7) is 1.75. The summed E-state index contributed by atoms with van der Waals surface area (Å²) in [7, 11) is 0. The van der Waals surface area contributed by atoms with Crippen molar-refractivity contribution in [2.45, 2.75) is 62.1 Å². The highest BCUT2D eigenvalue weighted by Gasteiger charge is 2.47. The number of carbonyl (C=O) groups excluding carboxylic acids is 2. The molecule has 2 N–H and O–H groups in total. The summed E-state index contributed by atoms with van der Waals surface area (Å²) in [5.74, 6) is -2.42. The first-order valence-corrected chi connectivity index (χ1v) is 15.1. The average Bonchev–Trinajstić information content (AvgIpc) is 3.51. The standard InChI is InChI=1S/C31H32F3N3O6S/c1-19-25(18-44-26-9-2-3-15-37(26)41)42-29(43-27(19)21-12-10-20(17-38)11-13-21)22-6-4-7-23(16-22)35-28(39)24-8-5-14-36(24)30(40)31(32,33)34/h2-4,6-7,9-13,15-16,19,24-25,27,29,38H,5,8,14,17-18H2,1H3,(H,35,39)/t19-,24-,25+,27+,29+/m0/s1. The van der Waals surface area contributed by atoms with Crippen molar-refractivity contribution in [2.24, 2.45) is 5.92 Å². The van der Waals surface area contributed by atoms with Crippen LogP contribution in [0, 0.1) is 11.1 Å².